The summed E-state index contributed by atoms with van der Waals surface area (Å²) in [6, 6.07) is 18.5. The molecule has 0 aromatic heterocycles. The van der Waals surface area contributed by atoms with E-state index in [9.17, 15) is 8.78 Å². The monoisotopic (exact) mass is 350 g/mol. The van der Waals surface area contributed by atoms with E-state index in [0.717, 1.165) is 11.1 Å². The summed E-state index contributed by atoms with van der Waals surface area (Å²) in [4.78, 5) is 0. The maximum Gasteiger partial charge on any atom is 0.225 e. The van der Waals surface area contributed by atoms with E-state index in [0.29, 0.717) is 0 Å². The van der Waals surface area contributed by atoms with E-state index in [1.54, 1.807) is 0 Å². The molecule has 0 aliphatic carbocycles. The molecule has 2 rings (SSSR count). The molecule has 4 atom stereocenters. The summed E-state index contributed by atoms with van der Waals surface area (Å²) >= 11 is 0. The average Bonchev–Trinajstić information content (AvgIpc) is 2.65. The first kappa shape index (κ1) is 19.5. The van der Waals surface area contributed by atoms with Crippen LogP contribution in [0.4, 0.5) is 8.78 Å². The maximum absolute atomic E-state index is 14.0. The molecule has 0 aliphatic rings. The topological polar surface area (TPSA) is 27.7 Å². The molecule has 2 aromatic carbocycles. The van der Waals surface area contributed by atoms with Crippen molar-refractivity contribution < 1.29 is 23.0 Å². The lowest BCUT2D eigenvalue weighted by molar-refractivity contribution is -0.196. The fraction of sp³-hybridized carbons (Fsp3) is 0.400. The summed E-state index contributed by atoms with van der Waals surface area (Å²) in [5, 5.41) is 0. The second-order valence-corrected chi connectivity index (χ2v) is 5.84. The molecule has 0 heterocycles. The van der Waals surface area contributed by atoms with Crippen molar-refractivity contribution in [2.24, 2.45) is 0 Å². The van der Waals surface area contributed by atoms with E-state index in [4.69, 9.17) is 14.2 Å². The van der Waals surface area contributed by atoms with Gasteiger partial charge in [0.05, 0.1) is 13.2 Å². The summed E-state index contributed by atoms with van der Waals surface area (Å²) in [6.45, 7) is 3.29. The summed E-state index contributed by atoms with van der Waals surface area (Å²) in [6.07, 6.45) is -5.11. The lowest BCUT2D eigenvalue weighted by Gasteiger charge is -2.24. The molecule has 136 valence electrons. The average molecular weight is 350 g/mol. The molecule has 0 amide bonds. The van der Waals surface area contributed by atoms with Gasteiger partial charge in [0.2, 0.25) is 12.7 Å². The van der Waals surface area contributed by atoms with Crippen LogP contribution in [0.15, 0.2) is 60.7 Å². The van der Waals surface area contributed by atoms with Crippen molar-refractivity contribution in [3.05, 3.63) is 71.8 Å². The van der Waals surface area contributed by atoms with Gasteiger partial charge in [-0.1, -0.05) is 60.7 Å². The molecule has 4 unspecified atom stereocenters. The Bertz CT molecular complexity index is 541. The van der Waals surface area contributed by atoms with E-state index < -0.39 is 24.9 Å². The van der Waals surface area contributed by atoms with Gasteiger partial charge in [0.15, 0.2) is 0 Å². The Balaban J connectivity index is 1.71. The highest BCUT2D eigenvalue weighted by molar-refractivity contribution is 5.14. The van der Waals surface area contributed by atoms with Crippen LogP contribution in [0.5, 0.6) is 0 Å². The van der Waals surface area contributed by atoms with Gasteiger partial charge < -0.3 is 14.2 Å². The number of hydrogen-bond donors (Lipinski definition) is 0. The molecule has 0 spiro atoms. The van der Waals surface area contributed by atoms with Crippen molar-refractivity contribution in [2.75, 3.05) is 0 Å². The van der Waals surface area contributed by atoms with Crippen molar-refractivity contribution in [3.8, 4) is 0 Å². The summed E-state index contributed by atoms with van der Waals surface area (Å²) < 4.78 is 43.7. The Morgan fingerprint density at radius 2 is 1.04 bits per heavy atom. The van der Waals surface area contributed by atoms with Gasteiger partial charge in [-0.3, -0.25) is 0 Å². The fourth-order valence-electron chi connectivity index (χ4n) is 2.23. The SMILES string of the molecule is CC(OC(C)C(F)OCc1ccccc1)C(F)OCc1ccccc1. The predicted molar refractivity (Wildman–Crippen MR) is 92.3 cm³/mol. The molecule has 0 saturated heterocycles. The quantitative estimate of drug-likeness (QED) is 0.616. The summed E-state index contributed by atoms with van der Waals surface area (Å²) in [7, 11) is 0. The molecule has 5 heteroatoms. The molecule has 0 radical (unpaired) electrons. The van der Waals surface area contributed by atoms with Gasteiger partial charge in [-0.2, -0.15) is 0 Å². The van der Waals surface area contributed by atoms with Crippen molar-refractivity contribution in [2.45, 2.75) is 52.0 Å². The third-order valence-corrected chi connectivity index (χ3v) is 3.67. The molecule has 0 bridgehead atoms. The Hall–Kier alpha value is -1.82. The van der Waals surface area contributed by atoms with E-state index in [1.165, 1.54) is 13.8 Å². The second-order valence-electron chi connectivity index (χ2n) is 5.84. The minimum atomic E-state index is -1.65. The molecule has 0 aliphatic heterocycles. The number of benzene rings is 2. The zero-order chi connectivity index (χ0) is 18.1. The highest BCUT2D eigenvalue weighted by Crippen LogP contribution is 2.16. The van der Waals surface area contributed by atoms with Crippen LogP contribution in [-0.4, -0.2) is 24.9 Å². The predicted octanol–water partition coefficient (Wildman–Crippen LogP) is 4.80. The Morgan fingerprint density at radius 1 is 0.680 bits per heavy atom. The Morgan fingerprint density at radius 3 is 1.40 bits per heavy atom. The van der Waals surface area contributed by atoms with E-state index >= 15 is 0 Å². The van der Waals surface area contributed by atoms with E-state index in [2.05, 4.69) is 0 Å². The summed E-state index contributed by atoms with van der Waals surface area (Å²) in [5.41, 5.74) is 1.72. The molecule has 2 aromatic rings. The van der Waals surface area contributed by atoms with Crippen LogP contribution in [0.1, 0.15) is 25.0 Å². The smallest absolute Gasteiger partial charge is 0.225 e. The molecular weight excluding hydrogens is 326 g/mol. The number of alkyl halides is 2. The first-order valence-corrected chi connectivity index (χ1v) is 8.31. The molecular formula is C20H24F2O3. The Kier molecular flexibility index (Phi) is 7.98. The molecule has 0 saturated carbocycles. The third kappa shape index (κ3) is 6.90. The minimum Gasteiger partial charge on any atom is -0.364 e. The van der Waals surface area contributed by atoms with Gasteiger partial charge in [-0.15, -0.1) is 0 Å². The number of rotatable bonds is 10. The van der Waals surface area contributed by atoms with Gasteiger partial charge in [0.25, 0.3) is 0 Å². The van der Waals surface area contributed by atoms with Crippen LogP contribution < -0.4 is 0 Å². The number of ether oxygens (including phenoxy) is 3. The lowest BCUT2D eigenvalue weighted by atomic mass is 10.2. The highest BCUT2D eigenvalue weighted by Gasteiger charge is 2.25. The van der Waals surface area contributed by atoms with E-state index in [1.807, 2.05) is 60.7 Å². The largest absolute Gasteiger partial charge is 0.364 e. The van der Waals surface area contributed by atoms with Gasteiger partial charge in [0.1, 0.15) is 12.2 Å². The number of hydrogen-bond acceptors (Lipinski definition) is 3. The van der Waals surface area contributed by atoms with E-state index in [-0.39, 0.29) is 13.2 Å². The first-order chi connectivity index (χ1) is 12.1. The van der Waals surface area contributed by atoms with Crippen LogP contribution in [0, 0.1) is 0 Å². The molecule has 0 fully saturated rings. The van der Waals surface area contributed by atoms with Gasteiger partial charge in [-0.25, -0.2) is 8.78 Å². The fourth-order valence-corrected chi connectivity index (χ4v) is 2.23. The lowest BCUT2D eigenvalue weighted by Crippen LogP contribution is -2.34. The standard InChI is InChI=1S/C20H24F2O3/c1-15(19(21)23-13-17-9-5-3-6-10-17)25-16(2)20(22)24-14-18-11-7-4-8-12-18/h3-12,15-16,19-20H,13-14H2,1-2H3. The Labute approximate surface area is 147 Å². The zero-order valence-corrected chi connectivity index (χ0v) is 14.5. The van der Waals surface area contributed by atoms with Crippen LogP contribution in [0.25, 0.3) is 0 Å². The van der Waals surface area contributed by atoms with Crippen molar-refractivity contribution >= 4 is 0 Å². The van der Waals surface area contributed by atoms with Gasteiger partial charge in [0, 0.05) is 0 Å². The van der Waals surface area contributed by atoms with Crippen molar-refractivity contribution in [1.82, 2.24) is 0 Å². The van der Waals surface area contributed by atoms with Crippen LogP contribution in [-0.2, 0) is 27.4 Å². The van der Waals surface area contributed by atoms with Crippen LogP contribution >= 0.6 is 0 Å². The van der Waals surface area contributed by atoms with Crippen molar-refractivity contribution in [3.63, 3.8) is 0 Å². The highest BCUT2D eigenvalue weighted by atomic mass is 19.2. The van der Waals surface area contributed by atoms with Crippen LogP contribution in [0.3, 0.4) is 0 Å². The summed E-state index contributed by atoms with van der Waals surface area (Å²) in [5.74, 6) is 0. The maximum atomic E-state index is 14.0. The van der Waals surface area contributed by atoms with Crippen LogP contribution in [0.2, 0.25) is 0 Å². The third-order valence-electron chi connectivity index (χ3n) is 3.67. The first-order valence-electron chi connectivity index (χ1n) is 8.31. The normalized spacial score (nSPS) is 16.2. The minimum absolute atomic E-state index is 0.133. The zero-order valence-electron chi connectivity index (χ0n) is 14.5. The second kappa shape index (κ2) is 10.2. The molecule has 3 nitrogen and oxygen atoms in total. The van der Waals surface area contributed by atoms with Gasteiger partial charge in [-0.05, 0) is 25.0 Å². The molecule has 0 N–H and O–H groups in total. The van der Waals surface area contributed by atoms with Crippen molar-refractivity contribution in [1.29, 1.82) is 0 Å². The van der Waals surface area contributed by atoms with Gasteiger partial charge >= 0.3 is 0 Å². The molecule has 25 heavy (non-hydrogen) atoms. The number of halogens is 2.